The molecule has 0 unspecified atom stereocenters. The van der Waals surface area contributed by atoms with Crippen LogP contribution >= 0.6 is 0 Å². The van der Waals surface area contributed by atoms with Gasteiger partial charge in [0.1, 0.15) is 17.0 Å². The van der Waals surface area contributed by atoms with Gasteiger partial charge in [0.05, 0.1) is 17.6 Å². The zero-order valence-corrected chi connectivity index (χ0v) is 12.5. The highest BCUT2D eigenvalue weighted by molar-refractivity contribution is 5.93. The van der Waals surface area contributed by atoms with Gasteiger partial charge in [0.2, 0.25) is 0 Å². The fourth-order valence-electron chi connectivity index (χ4n) is 2.74. The maximum atomic E-state index is 12.6. The smallest absolute Gasteiger partial charge is 0.352 e. The summed E-state index contributed by atoms with van der Waals surface area (Å²) in [5.74, 6) is -1.11. The lowest BCUT2D eigenvalue weighted by molar-refractivity contribution is 0.0686. The first-order chi connectivity index (χ1) is 11.6. The van der Waals surface area contributed by atoms with Crippen LogP contribution in [0, 0.1) is 0 Å². The van der Waals surface area contributed by atoms with Gasteiger partial charge >= 0.3 is 5.97 Å². The maximum absolute atomic E-state index is 12.6. The standard InChI is InChI=1S/C17H12N4O3/c22-16-12-9-13(17(23)24)21(10-11-5-1-3-7-18-11)15(12)19-14-6-2-4-8-20(14)16/h1-9H,10H2,(H,23,24). The molecule has 0 atom stereocenters. The Kier molecular flexibility index (Phi) is 3.13. The number of aromatic carboxylic acids is 1. The SMILES string of the molecule is O=C(O)c1cc2c(=O)n3ccccc3nc2n1Cc1ccccn1. The van der Waals surface area contributed by atoms with E-state index >= 15 is 0 Å². The predicted molar refractivity (Wildman–Crippen MR) is 87.3 cm³/mol. The third-order valence-corrected chi connectivity index (χ3v) is 3.84. The van der Waals surface area contributed by atoms with Crippen molar-refractivity contribution in [2.75, 3.05) is 0 Å². The zero-order chi connectivity index (χ0) is 16.7. The Morgan fingerprint density at radius 3 is 2.75 bits per heavy atom. The van der Waals surface area contributed by atoms with Gasteiger partial charge in [-0.25, -0.2) is 9.78 Å². The van der Waals surface area contributed by atoms with Gasteiger partial charge in [-0.3, -0.25) is 14.2 Å². The van der Waals surface area contributed by atoms with Gasteiger partial charge in [-0.2, -0.15) is 0 Å². The summed E-state index contributed by atoms with van der Waals surface area (Å²) in [4.78, 5) is 32.9. The monoisotopic (exact) mass is 320 g/mol. The first-order valence-electron chi connectivity index (χ1n) is 7.29. The van der Waals surface area contributed by atoms with Crippen molar-refractivity contribution in [3.63, 3.8) is 0 Å². The van der Waals surface area contributed by atoms with Crippen LogP contribution in [0.4, 0.5) is 0 Å². The Bertz CT molecular complexity index is 1130. The average Bonchev–Trinajstić information content (AvgIpc) is 2.95. The Hall–Kier alpha value is -3.48. The normalized spacial score (nSPS) is 11.2. The number of hydrogen-bond donors (Lipinski definition) is 1. The van der Waals surface area contributed by atoms with Crippen LogP contribution in [0.25, 0.3) is 16.7 Å². The van der Waals surface area contributed by atoms with E-state index in [4.69, 9.17) is 0 Å². The molecule has 7 heteroatoms. The zero-order valence-electron chi connectivity index (χ0n) is 12.5. The van der Waals surface area contributed by atoms with Gasteiger partial charge in [0.25, 0.3) is 5.56 Å². The Morgan fingerprint density at radius 1 is 1.17 bits per heavy atom. The van der Waals surface area contributed by atoms with Crippen LogP contribution in [0.15, 0.2) is 59.7 Å². The van der Waals surface area contributed by atoms with Crippen molar-refractivity contribution in [3.8, 4) is 0 Å². The number of carbonyl (C=O) groups is 1. The second kappa shape index (κ2) is 5.31. The topological polar surface area (TPSA) is 89.5 Å². The van der Waals surface area contributed by atoms with Crippen molar-refractivity contribution in [2.45, 2.75) is 6.54 Å². The number of rotatable bonds is 3. The van der Waals surface area contributed by atoms with Crippen molar-refractivity contribution in [1.82, 2.24) is 18.9 Å². The second-order valence-electron chi connectivity index (χ2n) is 5.33. The number of aromatic nitrogens is 4. The lowest BCUT2D eigenvalue weighted by Gasteiger charge is -2.07. The van der Waals surface area contributed by atoms with E-state index in [9.17, 15) is 14.7 Å². The van der Waals surface area contributed by atoms with Crippen LogP contribution in [0.1, 0.15) is 16.2 Å². The quantitative estimate of drug-likeness (QED) is 0.621. The van der Waals surface area contributed by atoms with Crippen molar-refractivity contribution in [3.05, 3.63) is 76.6 Å². The van der Waals surface area contributed by atoms with Gasteiger partial charge in [-0.15, -0.1) is 0 Å². The highest BCUT2D eigenvalue weighted by Crippen LogP contribution is 2.18. The van der Waals surface area contributed by atoms with E-state index in [1.807, 2.05) is 6.07 Å². The molecule has 24 heavy (non-hydrogen) atoms. The van der Waals surface area contributed by atoms with Crippen molar-refractivity contribution >= 4 is 22.6 Å². The predicted octanol–water partition coefficient (Wildman–Crippen LogP) is 1.79. The van der Waals surface area contributed by atoms with Crippen LogP contribution in [0.2, 0.25) is 0 Å². The number of carboxylic acid groups (broad SMARTS) is 1. The molecule has 0 saturated heterocycles. The molecule has 1 N–H and O–H groups in total. The van der Waals surface area contributed by atoms with E-state index in [0.29, 0.717) is 17.0 Å². The summed E-state index contributed by atoms with van der Waals surface area (Å²) in [6, 6.07) is 12.0. The molecule has 0 aliphatic rings. The van der Waals surface area contributed by atoms with Gasteiger partial charge < -0.3 is 9.67 Å². The fraction of sp³-hybridized carbons (Fsp3) is 0.0588. The largest absolute Gasteiger partial charge is 0.477 e. The van der Waals surface area contributed by atoms with Crippen LogP contribution < -0.4 is 5.56 Å². The second-order valence-corrected chi connectivity index (χ2v) is 5.33. The Morgan fingerprint density at radius 2 is 2.00 bits per heavy atom. The number of hydrogen-bond acceptors (Lipinski definition) is 4. The molecule has 4 aromatic heterocycles. The minimum Gasteiger partial charge on any atom is -0.477 e. The van der Waals surface area contributed by atoms with E-state index in [-0.39, 0.29) is 23.2 Å². The summed E-state index contributed by atoms with van der Waals surface area (Å²) in [7, 11) is 0. The van der Waals surface area contributed by atoms with E-state index in [2.05, 4.69) is 9.97 Å². The molecule has 0 spiro atoms. The number of pyridine rings is 2. The van der Waals surface area contributed by atoms with Gasteiger partial charge in [0, 0.05) is 12.4 Å². The van der Waals surface area contributed by atoms with E-state index in [1.165, 1.54) is 15.0 Å². The summed E-state index contributed by atoms with van der Waals surface area (Å²) in [5, 5.41) is 9.77. The molecule has 7 nitrogen and oxygen atoms in total. The minimum absolute atomic E-state index is 0.0103. The van der Waals surface area contributed by atoms with E-state index < -0.39 is 5.97 Å². The van der Waals surface area contributed by atoms with Crippen LogP contribution in [0.5, 0.6) is 0 Å². The molecule has 0 amide bonds. The molecule has 4 heterocycles. The van der Waals surface area contributed by atoms with Crippen LogP contribution in [-0.4, -0.2) is 30.0 Å². The lowest BCUT2D eigenvalue weighted by Crippen LogP contribution is -2.15. The summed E-state index contributed by atoms with van der Waals surface area (Å²) in [5.41, 5.74) is 1.21. The Labute approximate surface area is 135 Å². The highest BCUT2D eigenvalue weighted by atomic mass is 16.4. The molecular weight excluding hydrogens is 308 g/mol. The van der Waals surface area contributed by atoms with Crippen LogP contribution in [0.3, 0.4) is 0 Å². The molecule has 0 fully saturated rings. The molecule has 0 aliphatic heterocycles. The number of carboxylic acids is 1. The van der Waals surface area contributed by atoms with E-state index in [1.54, 1.807) is 42.7 Å². The molecule has 4 aromatic rings. The molecular formula is C17H12N4O3. The number of nitrogens with zero attached hydrogens (tertiary/aromatic N) is 4. The van der Waals surface area contributed by atoms with Crippen molar-refractivity contribution < 1.29 is 9.90 Å². The number of fused-ring (bicyclic) bond motifs is 2. The van der Waals surface area contributed by atoms with Crippen molar-refractivity contribution in [2.24, 2.45) is 0 Å². The first kappa shape index (κ1) is 14.1. The molecule has 0 bridgehead atoms. The highest BCUT2D eigenvalue weighted by Gasteiger charge is 2.19. The Balaban J connectivity index is 2.04. The molecule has 0 radical (unpaired) electrons. The average molecular weight is 320 g/mol. The third kappa shape index (κ3) is 2.14. The van der Waals surface area contributed by atoms with Crippen molar-refractivity contribution in [1.29, 1.82) is 0 Å². The van der Waals surface area contributed by atoms with E-state index in [0.717, 1.165) is 0 Å². The molecule has 118 valence electrons. The summed E-state index contributed by atoms with van der Waals surface area (Å²) in [6.07, 6.45) is 3.25. The fourth-order valence-corrected chi connectivity index (χ4v) is 2.74. The molecule has 4 rings (SSSR count). The summed E-state index contributed by atoms with van der Waals surface area (Å²) in [6.45, 7) is 0.224. The summed E-state index contributed by atoms with van der Waals surface area (Å²) >= 11 is 0. The van der Waals surface area contributed by atoms with Crippen LogP contribution in [-0.2, 0) is 6.54 Å². The van der Waals surface area contributed by atoms with Gasteiger partial charge in [-0.1, -0.05) is 12.1 Å². The van der Waals surface area contributed by atoms with Gasteiger partial charge in [-0.05, 0) is 30.3 Å². The minimum atomic E-state index is -1.11. The molecule has 0 aromatic carbocycles. The lowest BCUT2D eigenvalue weighted by atomic mass is 10.3. The third-order valence-electron chi connectivity index (χ3n) is 3.84. The molecule has 0 saturated carbocycles. The maximum Gasteiger partial charge on any atom is 0.352 e. The van der Waals surface area contributed by atoms with Gasteiger partial charge in [0.15, 0.2) is 0 Å². The molecule has 0 aliphatic carbocycles. The first-order valence-corrected chi connectivity index (χ1v) is 7.29. The summed E-state index contributed by atoms with van der Waals surface area (Å²) < 4.78 is 2.91.